The van der Waals surface area contributed by atoms with Crippen molar-refractivity contribution >= 4 is 0 Å². The Morgan fingerprint density at radius 2 is 0.473 bits per heavy atom. The summed E-state index contributed by atoms with van der Waals surface area (Å²) in [5.74, 6) is -84.5. The van der Waals surface area contributed by atoms with Gasteiger partial charge in [-0.05, 0) is 6.42 Å². The highest BCUT2D eigenvalue weighted by atomic mass is 19.4. The third-order valence-corrected chi connectivity index (χ3v) is 13.9. The van der Waals surface area contributed by atoms with Crippen molar-refractivity contribution in [3.05, 3.63) is 0 Å². The lowest BCUT2D eigenvalue weighted by Crippen LogP contribution is -3.10. The largest absolute Gasteiger partial charge is 0.397 e. The first-order valence-corrected chi connectivity index (χ1v) is 19.3. The summed E-state index contributed by atoms with van der Waals surface area (Å²) in [6.45, 7) is -11.5. The summed E-state index contributed by atoms with van der Waals surface area (Å²) in [5, 5.41) is 19.4. The molecular weight excluding hydrogens is 1150 g/mol. The molecule has 2 unspecified atom stereocenters. The number of aliphatic hydroxyl groups excluding tert-OH is 2. The van der Waals surface area contributed by atoms with Gasteiger partial charge >= 0.3 is 94.1 Å². The standard InChI is InChI=1S/C33H22F34O7/c34-12(14(36)22(44,45)18(40)24(48,49)15(12,37)25(50,51)19(41,23(14,46)47)30(18,60)61)32(64,65)73-8-10(68)1-2-70-3-4-71-5-6-72-7-11(69)9-74-33(66,67)13(35)16(38)26(52,53)20(42)28(56,57)17(13,39)29(58,59)21(43,27(16,54)55)31(20,62)63/h10-11,68-69H,1-9H2. The molecule has 74 heavy (non-hydrogen) atoms. The van der Waals surface area contributed by atoms with E-state index in [1.165, 1.54) is 0 Å². The predicted molar refractivity (Wildman–Crippen MR) is 159 cm³/mol. The Hall–Kier alpha value is -2.66. The van der Waals surface area contributed by atoms with Crippen LogP contribution in [0, 0.1) is 0 Å². The maximum Gasteiger partial charge on any atom is 0.397 e. The zero-order valence-electron chi connectivity index (χ0n) is 34.3. The van der Waals surface area contributed by atoms with E-state index in [1.807, 2.05) is 0 Å². The van der Waals surface area contributed by atoms with Gasteiger partial charge < -0.3 is 33.9 Å². The van der Waals surface area contributed by atoms with Gasteiger partial charge in [0.2, 0.25) is 0 Å². The first-order valence-electron chi connectivity index (χ1n) is 19.3. The highest BCUT2D eigenvalue weighted by molar-refractivity contribution is 5.58. The fourth-order valence-electron chi connectivity index (χ4n) is 10.1. The molecule has 8 fully saturated rings. The summed E-state index contributed by atoms with van der Waals surface area (Å²) in [7, 11) is 0. The fraction of sp³-hybridized carbons (Fsp3) is 1.00. The topological polar surface area (TPSA) is 86.6 Å². The minimum atomic E-state index is -8.48. The summed E-state index contributed by atoms with van der Waals surface area (Å²) >= 11 is 0. The van der Waals surface area contributed by atoms with Crippen LogP contribution < -0.4 is 0 Å². The Labute approximate surface area is 383 Å². The molecule has 0 amide bonds. The normalized spacial score (nSPS) is 45.4. The van der Waals surface area contributed by atoms with Crippen molar-refractivity contribution in [1.29, 1.82) is 0 Å². The molecule has 0 radical (unpaired) electrons. The molecule has 2 N–H and O–H groups in total. The second-order valence-corrected chi connectivity index (χ2v) is 17.4. The zero-order chi connectivity index (χ0) is 58.1. The van der Waals surface area contributed by atoms with Crippen LogP contribution in [0.25, 0.3) is 0 Å². The van der Waals surface area contributed by atoms with E-state index in [-0.39, 0.29) is 0 Å². The van der Waals surface area contributed by atoms with Gasteiger partial charge in [-0.15, -0.1) is 0 Å². The van der Waals surface area contributed by atoms with Gasteiger partial charge in [0.25, 0.3) is 34.0 Å². The van der Waals surface area contributed by atoms with Crippen molar-refractivity contribution < 1.29 is 183 Å². The molecule has 0 aromatic carbocycles. The summed E-state index contributed by atoms with van der Waals surface area (Å²) < 4.78 is 528. The van der Waals surface area contributed by atoms with Gasteiger partial charge in [-0.2, -0.15) is 105 Å². The highest BCUT2D eigenvalue weighted by Crippen LogP contribution is 2.92. The molecule has 0 aromatic rings. The number of hydrogen-bond acceptors (Lipinski definition) is 7. The van der Waals surface area contributed by atoms with E-state index in [2.05, 4.69) is 23.7 Å². The van der Waals surface area contributed by atoms with Gasteiger partial charge in [0.15, 0.2) is 0 Å². The van der Waals surface area contributed by atoms with Crippen molar-refractivity contribution in [2.45, 2.75) is 147 Å². The van der Waals surface area contributed by atoms with Crippen molar-refractivity contribution in [2.24, 2.45) is 0 Å². The van der Waals surface area contributed by atoms with Crippen molar-refractivity contribution in [1.82, 2.24) is 0 Å². The molecule has 8 aliphatic carbocycles. The van der Waals surface area contributed by atoms with E-state index in [1.54, 1.807) is 0 Å². The van der Waals surface area contributed by atoms with Gasteiger partial charge in [0.05, 0.1) is 52.4 Å². The lowest BCUT2D eigenvalue weighted by Gasteiger charge is -2.75. The van der Waals surface area contributed by atoms with Crippen molar-refractivity contribution in [3.63, 3.8) is 0 Å². The van der Waals surface area contributed by atoms with Crippen LogP contribution in [0.15, 0.2) is 0 Å². The Morgan fingerprint density at radius 3 is 0.730 bits per heavy atom. The number of hydrogen-bond donors (Lipinski definition) is 2. The molecular formula is C33H22F34O7. The monoisotopic (exact) mass is 1180 g/mol. The van der Waals surface area contributed by atoms with Crippen LogP contribution in [0.2, 0.25) is 0 Å². The van der Waals surface area contributed by atoms with Gasteiger partial charge in [-0.1, -0.05) is 0 Å². The molecule has 2 atom stereocenters. The Bertz CT molecular complexity index is 1910. The van der Waals surface area contributed by atoms with Crippen LogP contribution in [0.5, 0.6) is 0 Å². The fourth-order valence-corrected chi connectivity index (χ4v) is 10.1. The number of halogens is 34. The molecule has 8 rings (SSSR count). The molecule has 8 saturated carbocycles. The average molecular weight is 1180 g/mol. The maximum absolute atomic E-state index is 15.9. The lowest BCUT2D eigenvalue weighted by molar-refractivity contribution is -0.614. The predicted octanol–water partition coefficient (Wildman–Crippen LogP) is 8.88. The average Bonchev–Trinajstić information content (AvgIpc) is 3.26. The van der Waals surface area contributed by atoms with E-state index < -0.39 is 200 Å². The Kier molecular flexibility index (Phi) is 12.4. The van der Waals surface area contributed by atoms with Gasteiger partial charge in [-0.25, -0.2) is 43.9 Å². The smallest absolute Gasteiger partial charge is 0.391 e. The molecule has 8 aliphatic rings. The number of rotatable bonds is 19. The highest BCUT2D eigenvalue weighted by Gasteiger charge is 3.26. The van der Waals surface area contributed by atoms with E-state index >= 15 is 43.9 Å². The lowest BCUT2D eigenvalue weighted by atomic mass is 9.37. The molecule has 0 aliphatic heterocycles. The molecule has 0 aromatic heterocycles. The molecule has 7 nitrogen and oxygen atoms in total. The van der Waals surface area contributed by atoms with E-state index in [9.17, 15) is 116 Å². The second kappa shape index (κ2) is 15.2. The maximum atomic E-state index is 15.9. The third kappa shape index (κ3) is 4.93. The molecule has 0 heterocycles. The van der Waals surface area contributed by atoms with E-state index in [4.69, 9.17) is 0 Å². The minimum absolute atomic E-state index is 0.783. The number of ether oxygens (including phenoxy) is 5. The van der Waals surface area contributed by atoms with E-state index in [0.29, 0.717) is 0 Å². The van der Waals surface area contributed by atoms with E-state index in [0.717, 1.165) is 0 Å². The summed E-state index contributed by atoms with van der Waals surface area (Å²) in [5.41, 5.74) is -84.0. The zero-order valence-corrected chi connectivity index (χ0v) is 34.3. The molecule has 0 saturated heterocycles. The Balaban J connectivity index is 0.995. The van der Waals surface area contributed by atoms with Crippen LogP contribution in [0.1, 0.15) is 6.42 Å². The van der Waals surface area contributed by atoms with Crippen molar-refractivity contribution in [3.8, 4) is 0 Å². The summed E-state index contributed by atoms with van der Waals surface area (Å²) in [4.78, 5) is 0. The van der Waals surface area contributed by atoms with Gasteiger partial charge in [-0.3, -0.25) is 0 Å². The minimum Gasteiger partial charge on any atom is -0.391 e. The first-order chi connectivity index (χ1) is 32.5. The number of aliphatic hydroxyl groups is 2. The van der Waals surface area contributed by atoms with Gasteiger partial charge in [0, 0.05) is 6.61 Å². The summed E-state index contributed by atoms with van der Waals surface area (Å²) in [6.07, 6.45) is -22.5. The Morgan fingerprint density at radius 1 is 0.270 bits per heavy atom. The SMILES string of the molecule is OC(CCOCCOCCOCC(O)COC(F)(F)C1(F)C2(F)C(F)(F)C3(F)C(F)(F)C(F)(C2(F)F)C(F)(F)C1(F)C3(F)F)COC(F)(F)C1(F)C2(F)C(F)(F)C3(F)C(F)(F)C(F)(C2(F)F)C(F)(F)C1(F)C3(F)F. The second-order valence-electron chi connectivity index (χ2n) is 17.4. The van der Waals surface area contributed by atoms with Crippen molar-refractivity contribution in [2.75, 3.05) is 52.9 Å². The van der Waals surface area contributed by atoms with Crippen LogP contribution >= 0.6 is 0 Å². The molecule has 434 valence electrons. The third-order valence-electron chi connectivity index (χ3n) is 13.9. The molecule has 8 bridgehead atoms. The molecule has 0 spiro atoms. The van der Waals surface area contributed by atoms with Crippen LogP contribution in [0.3, 0.4) is 0 Å². The van der Waals surface area contributed by atoms with Crippen LogP contribution in [-0.2, 0) is 23.7 Å². The number of alkyl halides is 34. The quantitative estimate of drug-likeness (QED) is 0.0989. The molecule has 41 heteroatoms. The first kappa shape index (κ1) is 60.6. The van der Waals surface area contributed by atoms with Crippen LogP contribution in [-0.4, -0.2) is 203 Å². The summed E-state index contributed by atoms with van der Waals surface area (Å²) in [6, 6.07) is 0. The van der Waals surface area contributed by atoms with Crippen LogP contribution in [0.4, 0.5) is 149 Å². The van der Waals surface area contributed by atoms with Gasteiger partial charge in [0.1, 0.15) is 6.10 Å².